The lowest BCUT2D eigenvalue weighted by atomic mass is 9.96. The lowest BCUT2D eigenvalue weighted by molar-refractivity contribution is -0.379. The van der Waals surface area contributed by atoms with Crippen LogP contribution in [-0.4, -0.2) is 193 Å². The highest BCUT2D eigenvalue weighted by Crippen LogP contribution is 2.33. The number of aliphatic hydroxyl groups is 11. The molecule has 3 aliphatic rings. The van der Waals surface area contributed by atoms with Gasteiger partial charge < -0.3 is 89.9 Å². The highest BCUT2D eigenvalue weighted by molar-refractivity contribution is 5.76. The maximum atomic E-state index is 13.4. The quantitative estimate of drug-likeness (QED) is 0.0199. The maximum absolute atomic E-state index is 13.4. The van der Waals surface area contributed by atoms with Crippen molar-refractivity contribution in [3.05, 3.63) is 36.5 Å². The van der Waals surface area contributed by atoms with Crippen LogP contribution in [0.5, 0.6) is 0 Å². The van der Waals surface area contributed by atoms with E-state index in [1.54, 1.807) is 6.08 Å². The van der Waals surface area contributed by atoms with Crippen LogP contribution in [0, 0.1) is 0 Å². The average molecular weight is 1400 g/mol. The third-order valence-electron chi connectivity index (χ3n) is 20.2. The van der Waals surface area contributed by atoms with Gasteiger partial charge in [-0.25, -0.2) is 0 Å². The number of nitrogens with one attached hydrogen (secondary N) is 1. The molecule has 17 atom stereocenters. The normalized spacial score (nSPS) is 26.9. The number of hydrogen-bond acceptors (Lipinski definition) is 18. The summed E-state index contributed by atoms with van der Waals surface area (Å²) < 4.78 is 34.4. The molecule has 17 unspecified atom stereocenters. The van der Waals surface area contributed by atoms with E-state index >= 15 is 0 Å². The van der Waals surface area contributed by atoms with Gasteiger partial charge in [-0.2, -0.15) is 0 Å². The van der Waals surface area contributed by atoms with Crippen molar-refractivity contribution in [2.45, 2.75) is 433 Å². The van der Waals surface area contributed by atoms with Gasteiger partial charge in [0.1, 0.15) is 73.2 Å². The van der Waals surface area contributed by atoms with E-state index in [-0.39, 0.29) is 18.9 Å². The second-order valence-electron chi connectivity index (χ2n) is 28.9. The molecule has 0 aromatic rings. The molecule has 576 valence electrons. The van der Waals surface area contributed by atoms with Crippen LogP contribution in [-0.2, 0) is 33.2 Å². The van der Waals surface area contributed by atoms with Crippen molar-refractivity contribution < 1.29 is 89.4 Å². The molecule has 19 heteroatoms. The first-order valence-corrected chi connectivity index (χ1v) is 40.2. The number of hydrogen-bond donors (Lipinski definition) is 12. The number of carbonyl (C=O) groups is 1. The lowest BCUT2D eigenvalue weighted by Gasteiger charge is -2.48. The first-order valence-electron chi connectivity index (χ1n) is 40.2. The largest absolute Gasteiger partial charge is 0.394 e. The molecule has 98 heavy (non-hydrogen) atoms. The number of amides is 1. The van der Waals surface area contributed by atoms with Crippen LogP contribution in [0.15, 0.2) is 36.5 Å². The van der Waals surface area contributed by atoms with E-state index in [9.17, 15) is 61.0 Å². The Bertz CT molecular complexity index is 1910. The van der Waals surface area contributed by atoms with Crippen LogP contribution in [0.4, 0.5) is 0 Å². The van der Waals surface area contributed by atoms with Gasteiger partial charge in [0.2, 0.25) is 5.91 Å². The fraction of sp³-hybridized carbons (Fsp3) is 0.911. The Labute approximate surface area is 593 Å². The van der Waals surface area contributed by atoms with E-state index in [0.717, 1.165) is 44.9 Å². The molecule has 3 saturated heterocycles. The Morgan fingerprint density at radius 2 is 0.653 bits per heavy atom. The molecule has 3 fully saturated rings. The third kappa shape index (κ3) is 40.3. The summed E-state index contributed by atoms with van der Waals surface area (Å²) in [7, 11) is 0. The topological polar surface area (TPSA) is 307 Å². The molecule has 0 bridgehead atoms. The van der Waals surface area contributed by atoms with Crippen molar-refractivity contribution in [3.63, 3.8) is 0 Å². The smallest absolute Gasteiger partial charge is 0.220 e. The van der Waals surface area contributed by atoms with E-state index in [4.69, 9.17) is 28.4 Å². The van der Waals surface area contributed by atoms with Gasteiger partial charge in [-0.15, -0.1) is 0 Å². The van der Waals surface area contributed by atoms with Crippen LogP contribution in [0.3, 0.4) is 0 Å². The highest BCUT2D eigenvalue weighted by atomic mass is 16.8. The Morgan fingerprint density at radius 3 is 1.02 bits per heavy atom. The fourth-order valence-corrected chi connectivity index (χ4v) is 13.7. The van der Waals surface area contributed by atoms with Crippen molar-refractivity contribution in [2.75, 3.05) is 26.4 Å². The average Bonchev–Trinajstić information content (AvgIpc) is 0.784. The number of carbonyl (C=O) groups excluding carboxylic acids is 1. The molecule has 0 aromatic carbocycles. The molecule has 12 N–H and O–H groups in total. The van der Waals surface area contributed by atoms with Crippen LogP contribution in [0.25, 0.3) is 0 Å². The van der Waals surface area contributed by atoms with Crippen LogP contribution in [0.1, 0.15) is 328 Å². The molecule has 19 nitrogen and oxygen atoms in total. The summed E-state index contributed by atoms with van der Waals surface area (Å²) in [5, 5.41) is 121. The molecule has 0 radical (unpaired) electrons. The number of rotatable bonds is 64. The van der Waals surface area contributed by atoms with Crippen LogP contribution >= 0.6 is 0 Å². The number of unbranched alkanes of at least 4 members (excludes halogenated alkanes) is 44. The van der Waals surface area contributed by atoms with Gasteiger partial charge in [0.15, 0.2) is 18.9 Å². The van der Waals surface area contributed by atoms with Crippen molar-refractivity contribution in [3.8, 4) is 0 Å². The minimum atomic E-state index is -1.98. The summed E-state index contributed by atoms with van der Waals surface area (Å²) in [5.41, 5.74) is 0. The predicted molar refractivity (Wildman–Crippen MR) is 388 cm³/mol. The molecular formula is C79H147NO18. The first kappa shape index (κ1) is 90.2. The van der Waals surface area contributed by atoms with Crippen molar-refractivity contribution >= 4 is 5.91 Å². The summed E-state index contributed by atoms with van der Waals surface area (Å²) in [5.74, 6) is -0.284. The van der Waals surface area contributed by atoms with Gasteiger partial charge in [-0.3, -0.25) is 4.79 Å². The molecule has 3 aliphatic heterocycles. The van der Waals surface area contributed by atoms with Crippen LogP contribution in [0.2, 0.25) is 0 Å². The first-order chi connectivity index (χ1) is 47.8. The second kappa shape index (κ2) is 60.3. The van der Waals surface area contributed by atoms with Gasteiger partial charge in [0, 0.05) is 6.42 Å². The third-order valence-corrected chi connectivity index (χ3v) is 20.2. The Hall–Kier alpha value is -1.99. The summed E-state index contributed by atoms with van der Waals surface area (Å²) in [6.45, 7) is 1.74. The highest BCUT2D eigenvalue weighted by Gasteiger charge is 2.54. The van der Waals surface area contributed by atoms with Gasteiger partial charge >= 0.3 is 0 Å². The molecule has 0 spiro atoms. The van der Waals surface area contributed by atoms with Gasteiger partial charge in [-0.05, 0) is 44.9 Å². The minimum absolute atomic E-state index is 0.236. The van der Waals surface area contributed by atoms with Crippen LogP contribution < -0.4 is 5.32 Å². The van der Waals surface area contributed by atoms with E-state index in [0.29, 0.717) is 12.8 Å². The number of aliphatic hydroxyl groups excluding tert-OH is 11. The van der Waals surface area contributed by atoms with E-state index in [1.165, 1.54) is 250 Å². The molecule has 0 saturated carbocycles. The van der Waals surface area contributed by atoms with E-state index < -0.39 is 124 Å². The standard InChI is InChI=1S/C79H147NO18/c1-3-5-7-9-11-13-15-17-19-21-22-23-24-25-26-27-28-29-30-31-32-33-34-35-36-37-38-39-41-43-45-47-49-51-53-55-57-67(85)80-62(63(84)56-54-52-50-48-46-44-42-40-20-18-16-14-12-10-8-6-4-2)61-93-77-73(91)70(88)75(65(59-82)95-77)98-79-74(92)71(89)76(66(60-83)96-79)97-78-72(90)69(87)68(86)64(58-81)94-78/h20,40,46,48,54,56,62-66,68-79,81-84,86-92H,3-19,21-39,41-45,47,49-53,55,57-61H2,1-2H3,(H,80,85)/b40-20+,48-46+,56-54+. The van der Waals surface area contributed by atoms with Crippen molar-refractivity contribution in [1.82, 2.24) is 5.32 Å². The monoisotopic (exact) mass is 1400 g/mol. The molecule has 3 heterocycles. The van der Waals surface area contributed by atoms with E-state index in [1.807, 2.05) is 6.08 Å². The maximum Gasteiger partial charge on any atom is 0.220 e. The summed E-state index contributed by atoms with van der Waals surface area (Å²) in [6, 6.07) is -0.995. The predicted octanol–water partition coefficient (Wildman–Crippen LogP) is 13.1. The van der Waals surface area contributed by atoms with Gasteiger partial charge in [0.05, 0.1) is 38.6 Å². The fourth-order valence-electron chi connectivity index (χ4n) is 13.7. The zero-order chi connectivity index (χ0) is 71.1. The molecule has 1 amide bonds. The second-order valence-corrected chi connectivity index (χ2v) is 28.9. The number of ether oxygens (including phenoxy) is 6. The van der Waals surface area contributed by atoms with Crippen molar-refractivity contribution in [2.24, 2.45) is 0 Å². The molecule has 0 aromatic heterocycles. The Balaban J connectivity index is 1.33. The molecule has 3 rings (SSSR count). The Kier molecular flexibility index (Phi) is 55.5. The SMILES string of the molecule is CCCCCCCCC/C=C/CC/C=C/CC/C=C/C(O)C(COC1OC(CO)C(OC2OC(CO)C(OC3OC(CO)C(O)C(O)C3O)C(O)C2O)C(O)C1O)NC(=O)CCCCCCCCCCCCCCCCCCCCCCCCCCCCCCCCCCCCCC. The minimum Gasteiger partial charge on any atom is -0.394 e. The molecule has 0 aliphatic carbocycles. The zero-order valence-corrected chi connectivity index (χ0v) is 61.5. The van der Waals surface area contributed by atoms with Crippen molar-refractivity contribution in [1.29, 1.82) is 0 Å². The summed E-state index contributed by atoms with van der Waals surface area (Å²) >= 11 is 0. The van der Waals surface area contributed by atoms with E-state index in [2.05, 4.69) is 43.5 Å². The van der Waals surface area contributed by atoms with Gasteiger partial charge in [-0.1, -0.05) is 314 Å². The Morgan fingerprint density at radius 1 is 0.357 bits per heavy atom. The van der Waals surface area contributed by atoms with Gasteiger partial charge in [0.25, 0.3) is 0 Å². The summed E-state index contributed by atoms with van der Waals surface area (Å²) in [4.78, 5) is 13.4. The summed E-state index contributed by atoms with van der Waals surface area (Å²) in [6.07, 6.45) is 47.4. The zero-order valence-electron chi connectivity index (χ0n) is 61.5. The molecular weight excluding hydrogens is 1250 g/mol. The lowest BCUT2D eigenvalue weighted by Crippen LogP contribution is -2.66. The number of allylic oxidation sites excluding steroid dienone is 5.